The summed E-state index contributed by atoms with van der Waals surface area (Å²) in [4.78, 5) is 27.4. The lowest BCUT2D eigenvalue weighted by atomic mass is 10.1. The summed E-state index contributed by atoms with van der Waals surface area (Å²) in [5.41, 5.74) is 0.817. The molecule has 9 heteroatoms. The number of hydrogen-bond acceptors (Lipinski definition) is 6. The molecule has 4 rings (SSSR count). The van der Waals surface area contributed by atoms with Gasteiger partial charge in [-0.25, -0.2) is 0 Å². The number of aromatic nitrogens is 2. The molecule has 29 heavy (non-hydrogen) atoms. The van der Waals surface area contributed by atoms with Crippen molar-refractivity contribution >= 4 is 57.3 Å². The lowest BCUT2D eigenvalue weighted by Crippen LogP contribution is -2.24. The summed E-state index contributed by atoms with van der Waals surface area (Å²) in [5.74, 6) is 0.162. The molecule has 0 saturated carbocycles. The minimum absolute atomic E-state index is 0.0392. The Kier molecular flexibility index (Phi) is 6.13. The monoisotopic (exact) mass is 444 g/mol. The third-order valence-corrected chi connectivity index (χ3v) is 6.68. The van der Waals surface area contributed by atoms with Crippen LogP contribution < -0.4 is 10.2 Å². The smallest absolute Gasteiger partial charge is 0.236 e. The second kappa shape index (κ2) is 8.94. The number of carbonyl (C=O) groups excluding carboxylic acids is 2. The van der Waals surface area contributed by atoms with Crippen molar-refractivity contribution in [2.45, 2.75) is 17.2 Å². The van der Waals surface area contributed by atoms with Crippen LogP contribution in [0.1, 0.15) is 17.3 Å². The number of hydrogen-bond donors (Lipinski definition) is 1. The molecular formula is C20H17ClN4O2S2. The van der Waals surface area contributed by atoms with Crippen LogP contribution in [0.15, 0.2) is 59.5 Å². The number of benzene rings is 2. The van der Waals surface area contributed by atoms with Crippen molar-refractivity contribution in [3.05, 3.63) is 64.6 Å². The normalized spacial score (nSPS) is 16.2. The zero-order valence-corrected chi connectivity index (χ0v) is 17.6. The molecule has 1 N–H and O–H groups in total. The number of carbonyl (C=O) groups is 2. The van der Waals surface area contributed by atoms with E-state index in [2.05, 4.69) is 15.5 Å². The first kappa shape index (κ1) is 19.9. The van der Waals surface area contributed by atoms with E-state index in [0.717, 1.165) is 15.6 Å². The van der Waals surface area contributed by atoms with Gasteiger partial charge < -0.3 is 4.90 Å². The molecule has 0 radical (unpaired) electrons. The first-order chi connectivity index (χ1) is 14.1. The first-order valence-electron chi connectivity index (χ1n) is 8.95. The average Bonchev–Trinajstić information content (AvgIpc) is 3.34. The lowest BCUT2D eigenvalue weighted by Gasteiger charge is -2.16. The Balaban J connectivity index is 1.34. The van der Waals surface area contributed by atoms with E-state index in [0.29, 0.717) is 28.9 Å². The molecule has 1 aromatic heterocycles. The van der Waals surface area contributed by atoms with Gasteiger partial charge in [-0.15, -0.1) is 22.0 Å². The fourth-order valence-electron chi connectivity index (χ4n) is 3.01. The SMILES string of the molecule is O=C(CSc1ccccc1)Nc1nnc([C@H]2CC(=O)N(c3ccc(Cl)cc3)C2)s1. The summed E-state index contributed by atoms with van der Waals surface area (Å²) in [6.07, 6.45) is 0.370. The first-order valence-corrected chi connectivity index (χ1v) is 11.1. The predicted molar refractivity (Wildman–Crippen MR) is 117 cm³/mol. The fourth-order valence-corrected chi connectivity index (χ4v) is 4.71. The van der Waals surface area contributed by atoms with Crippen molar-refractivity contribution in [1.82, 2.24) is 10.2 Å². The topological polar surface area (TPSA) is 75.2 Å². The van der Waals surface area contributed by atoms with E-state index in [4.69, 9.17) is 11.6 Å². The van der Waals surface area contributed by atoms with Gasteiger partial charge in [-0.3, -0.25) is 14.9 Å². The molecule has 2 heterocycles. The number of nitrogens with one attached hydrogen (secondary N) is 1. The van der Waals surface area contributed by atoms with Crippen LogP contribution >= 0.6 is 34.7 Å². The molecule has 2 aromatic carbocycles. The minimum atomic E-state index is -0.133. The molecule has 148 valence electrons. The second-order valence-electron chi connectivity index (χ2n) is 6.48. The van der Waals surface area contributed by atoms with E-state index >= 15 is 0 Å². The number of thioether (sulfide) groups is 1. The highest BCUT2D eigenvalue weighted by molar-refractivity contribution is 8.00. The van der Waals surface area contributed by atoms with Gasteiger partial charge in [0, 0.05) is 34.5 Å². The van der Waals surface area contributed by atoms with Crippen LogP contribution in [0.4, 0.5) is 10.8 Å². The van der Waals surface area contributed by atoms with Crippen molar-refractivity contribution in [2.75, 3.05) is 22.5 Å². The van der Waals surface area contributed by atoms with Gasteiger partial charge in [-0.05, 0) is 36.4 Å². The van der Waals surface area contributed by atoms with Gasteiger partial charge in [0.2, 0.25) is 16.9 Å². The molecule has 6 nitrogen and oxygen atoms in total. The molecule has 1 aliphatic heterocycles. The standard InChI is InChI=1S/C20H17ClN4O2S2/c21-14-6-8-15(9-7-14)25-11-13(10-18(25)27)19-23-24-20(29-19)22-17(26)12-28-16-4-2-1-3-5-16/h1-9,13H,10-12H2,(H,22,24,26)/t13-/m0/s1. The van der Waals surface area contributed by atoms with Gasteiger partial charge in [0.25, 0.3) is 0 Å². The van der Waals surface area contributed by atoms with Crippen molar-refractivity contribution in [3.8, 4) is 0 Å². The van der Waals surface area contributed by atoms with Crippen LogP contribution in [-0.4, -0.2) is 34.3 Å². The van der Waals surface area contributed by atoms with Crippen LogP contribution in [0.3, 0.4) is 0 Å². The maximum atomic E-state index is 12.4. The van der Waals surface area contributed by atoms with E-state index in [9.17, 15) is 9.59 Å². The number of halogens is 1. The molecule has 1 saturated heterocycles. The van der Waals surface area contributed by atoms with Crippen molar-refractivity contribution < 1.29 is 9.59 Å². The molecule has 1 atom stereocenters. The van der Waals surface area contributed by atoms with Crippen LogP contribution in [0, 0.1) is 0 Å². The predicted octanol–water partition coefficient (Wildman–Crippen LogP) is 4.44. The molecule has 1 aliphatic rings. The Morgan fingerprint density at radius 1 is 1.17 bits per heavy atom. The molecular weight excluding hydrogens is 428 g/mol. The van der Waals surface area contributed by atoms with E-state index in [1.807, 2.05) is 42.5 Å². The fraction of sp³-hybridized carbons (Fsp3) is 0.200. The van der Waals surface area contributed by atoms with Crippen molar-refractivity contribution in [2.24, 2.45) is 0 Å². The molecule has 1 fully saturated rings. The molecule has 0 bridgehead atoms. The van der Waals surface area contributed by atoms with Crippen LogP contribution in [-0.2, 0) is 9.59 Å². The van der Waals surface area contributed by atoms with Crippen molar-refractivity contribution in [3.63, 3.8) is 0 Å². The molecule has 2 amide bonds. The number of rotatable bonds is 6. The third kappa shape index (κ3) is 4.95. The number of nitrogens with zero attached hydrogens (tertiary/aromatic N) is 3. The maximum Gasteiger partial charge on any atom is 0.236 e. The van der Waals surface area contributed by atoms with Crippen molar-refractivity contribution in [1.29, 1.82) is 0 Å². The molecule has 0 aliphatic carbocycles. The van der Waals surface area contributed by atoms with Gasteiger partial charge in [0.1, 0.15) is 5.01 Å². The summed E-state index contributed by atoms with van der Waals surface area (Å²) in [6.45, 7) is 0.535. The number of anilines is 2. The Morgan fingerprint density at radius 2 is 1.93 bits per heavy atom. The summed E-state index contributed by atoms with van der Waals surface area (Å²) in [5, 5.41) is 12.9. The zero-order chi connectivity index (χ0) is 20.2. The van der Waals surface area contributed by atoms with Gasteiger partial charge in [0.05, 0.1) is 5.75 Å². The third-order valence-electron chi connectivity index (χ3n) is 4.41. The summed E-state index contributed by atoms with van der Waals surface area (Å²) in [7, 11) is 0. The molecule has 0 unspecified atom stereocenters. The quantitative estimate of drug-likeness (QED) is 0.569. The Labute approximate surface area is 181 Å². The van der Waals surface area contributed by atoms with E-state index in [1.165, 1.54) is 23.1 Å². The Morgan fingerprint density at radius 3 is 2.69 bits per heavy atom. The van der Waals surface area contributed by atoms with Gasteiger partial charge >= 0.3 is 0 Å². The zero-order valence-electron chi connectivity index (χ0n) is 15.2. The minimum Gasteiger partial charge on any atom is -0.312 e. The van der Waals surface area contributed by atoms with Gasteiger partial charge in [-0.1, -0.05) is 41.1 Å². The average molecular weight is 445 g/mol. The Bertz CT molecular complexity index is 1010. The molecule has 0 spiro atoms. The van der Waals surface area contributed by atoms with E-state index < -0.39 is 0 Å². The van der Waals surface area contributed by atoms with Crippen LogP contribution in [0.2, 0.25) is 5.02 Å². The van der Waals surface area contributed by atoms with E-state index in [-0.39, 0.29) is 17.7 Å². The lowest BCUT2D eigenvalue weighted by molar-refractivity contribution is -0.117. The summed E-state index contributed by atoms with van der Waals surface area (Å²) >= 11 is 8.71. The van der Waals surface area contributed by atoms with Gasteiger partial charge in [0.15, 0.2) is 0 Å². The maximum absolute atomic E-state index is 12.4. The molecule has 3 aromatic rings. The number of amides is 2. The largest absolute Gasteiger partial charge is 0.312 e. The summed E-state index contributed by atoms with van der Waals surface area (Å²) in [6, 6.07) is 16.9. The Hall–Kier alpha value is -2.42. The van der Waals surface area contributed by atoms with E-state index in [1.54, 1.807) is 17.0 Å². The highest BCUT2D eigenvalue weighted by Crippen LogP contribution is 2.34. The van der Waals surface area contributed by atoms with Gasteiger partial charge in [-0.2, -0.15) is 0 Å². The highest BCUT2D eigenvalue weighted by atomic mass is 35.5. The second-order valence-corrected chi connectivity index (χ2v) is 8.97. The van der Waals surface area contributed by atoms with Crippen LogP contribution in [0.25, 0.3) is 0 Å². The highest BCUT2D eigenvalue weighted by Gasteiger charge is 2.34. The summed E-state index contributed by atoms with van der Waals surface area (Å²) < 4.78 is 0. The van der Waals surface area contributed by atoms with Crippen LogP contribution in [0.5, 0.6) is 0 Å².